The molecule has 1 N–H and O–H groups in total. The molecule has 0 radical (unpaired) electrons. The quantitative estimate of drug-likeness (QED) is 0.698. The number of furan rings is 1. The second kappa shape index (κ2) is 4.36. The van der Waals surface area contributed by atoms with Crippen LogP contribution in [0.15, 0.2) is 32.5 Å². The molecule has 2 heterocycles. The molecule has 84 valence electrons. The maximum absolute atomic E-state index is 10.4. The first kappa shape index (κ1) is 11.3. The summed E-state index contributed by atoms with van der Waals surface area (Å²) >= 11 is 4.62. The number of nitro groups is 1. The fourth-order valence-electron chi connectivity index (χ4n) is 1.20. The van der Waals surface area contributed by atoms with Gasteiger partial charge in [-0.1, -0.05) is 0 Å². The number of halogens is 1. The number of nitrogens with zero attached hydrogens (tertiary/aromatic N) is 1. The fourth-order valence-corrected chi connectivity index (χ4v) is 2.62. The summed E-state index contributed by atoms with van der Waals surface area (Å²) in [6, 6.07) is 6.14. The Hall–Kier alpha value is -1.18. The van der Waals surface area contributed by atoms with Gasteiger partial charge in [0.15, 0.2) is 0 Å². The molecule has 0 aliphatic heterocycles. The fraction of sp³-hybridized carbons (Fsp3) is 0.111. The highest BCUT2D eigenvalue weighted by atomic mass is 79.9. The van der Waals surface area contributed by atoms with Gasteiger partial charge in [0.2, 0.25) is 0 Å². The van der Waals surface area contributed by atoms with Gasteiger partial charge in [-0.2, -0.15) is 0 Å². The van der Waals surface area contributed by atoms with E-state index in [1.165, 1.54) is 23.5 Å². The second-order valence-electron chi connectivity index (χ2n) is 2.98. The molecule has 0 amide bonds. The average molecular weight is 304 g/mol. The van der Waals surface area contributed by atoms with E-state index in [2.05, 4.69) is 15.9 Å². The minimum absolute atomic E-state index is 0.168. The van der Waals surface area contributed by atoms with Crippen LogP contribution >= 0.6 is 27.3 Å². The maximum atomic E-state index is 10.4. The summed E-state index contributed by atoms with van der Waals surface area (Å²) in [5.41, 5.74) is 0. The summed E-state index contributed by atoms with van der Waals surface area (Å²) in [7, 11) is 0. The molecule has 0 aliphatic carbocycles. The third-order valence-corrected chi connectivity index (χ3v) is 3.60. The van der Waals surface area contributed by atoms with Gasteiger partial charge in [0, 0.05) is 4.88 Å². The Morgan fingerprint density at radius 3 is 2.69 bits per heavy atom. The van der Waals surface area contributed by atoms with Gasteiger partial charge in [-0.15, -0.1) is 11.3 Å². The van der Waals surface area contributed by atoms with Crippen LogP contribution in [0.4, 0.5) is 5.88 Å². The van der Waals surface area contributed by atoms with Gasteiger partial charge < -0.3 is 9.52 Å². The predicted molar refractivity (Wildman–Crippen MR) is 61.4 cm³/mol. The van der Waals surface area contributed by atoms with Gasteiger partial charge in [-0.25, -0.2) is 0 Å². The topological polar surface area (TPSA) is 76.5 Å². The summed E-state index contributed by atoms with van der Waals surface area (Å²) in [6.45, 7) is 0. The number of hydrogen-bond acceptors (Lipinski definition) is 5. The first-order valence-electron chi connectivity index (χ1n) is 4.25. The van der Waals surface area contributed by atoms with E-state index in [0.717, 1.165) is 3.79 Å². The van der Waals surface area contributed by atoms with Crippen LogP contribution in [0.3, 0.4) is 0 Å². The molecular formula is C9H6BrNO4S. The Morgan fingerprint density at radius 2 is 2.19 bits per heavy atom. The number of rotatable bonds is 3. The van der Waals surface area contributed by atoms with Gasteiger partial charge in [-0.05, 0) is 34.1 Å². The lowest BCUT2D eigenvalue weighted by molar-refractivity contribution is -0.402. The van der Waals surface area contributed by atoms with E-state index >= 15 is 0 Å². The van der Waals surface area contributed by atoms with Crippen molar-refractivity contribution >= 4 is 33.2 Å². The predicted octanol–water partition coefficient (Wildman–Crippen LogP) is 3.09. The molecule has 0 aromatic carbocycles. The smallest absolute Gasteiger partial charge is 0.403 e. The Balaban J connectivity index is 2.26. The van der Waals surface area contributed by atoms with Gasteiger partial charge in [0.25, 0.3) is 0 Å². The molecule has 2 rings (SSSR count). The number of aliphatic hydroxyl groups excluding tert-OH is 1. The standard InChI is InChI=1S/C9H6BrNO4S/c10-7-3-2-6(16-7)9(12)5-1-4-8(15-5)11(13)14/h1-4,9,12H. The van der Waals surface area contributed by atoms with Crippen LogP contribution in [-0.4, -0.2) is 10.0 Å². The zero-order valence-corrected chi connectivity index (χ0v) is 10.2. The third kappa shape index (κ3) is 2.16. The van der Waals surface area contributed by atoms with Crippen molar-refractivity contribution in [3.63, 3.8) is 0 Å². The molecule has 0 bridgehead atoms. The lowest BCUT2D eigenvalue weighted by Crippen LogP contribution is -1.94. The van der Waals surface area contributed by atoms with Crippen molar-refractivity contribution in [3.8, 4) is 0 Å². The summed E-state index contributed by atoms with van der Waals surface area (Å²) in [5.74, 6) is -0.203. The van der Waals surface area contributed by atoms with Gasteiger partial charge in [0.1, 0.15) is 16.8 Å². The highest BCUT2D eigenvalue weighted by Crippen LogP contribution is 2.32. The van der Waals surface area contributed by atoms with Crippen molar-refractivity contribution in [2.24, 2.45) is 0 Å². The number of hydrogen-bond donors (Lipinski definition) is 1. The second-order valence-corrected chi connectivity index (χ2v) is 5.47. The van der Waals surface area contributed by atoms with E-state index in [-0.39, 0.29) is 11.6 Å². The molecule has 5 nitrogen and oxygen atoms in total. The summed E-state index contributed by atoms with van der Waals surface area (Å²) in [4.78, 5) is 10.4. The Morgan fingerprint density at radius 1 is 1.44 bits per heavy atom. The van der Waals surface area contributed by atoms with Crippen LogP contribution < -0.4 is 0 Å². The molecule has 0 spiro atoms. The zero-order valence-electron chi connectivity index (χ0n) is 7.79. The summed E-state index contributed by atoms with van der Waals surface area (Å²) in [5, 5.41) is 20.3. The largest absolute Gasteiger partial charge is 0.433 e. The Kier molecular flexibility index (Phi) is 3.08. The molecule has 0 aliphatic rings. The van der Waals surface area contributed by atoms with Crippen molar-refractivity contribution in [1.29, 1.82) is 0 Å². The Bertz CT molecular complexity index is 521. The minimum atomic E-state index is -0.968. The molecule has 16 heavy (non-hydrogen) atoms. The summed E-state index contributed by atoms with van der Waals surface area (Å²) < 4.78 is 5.79. The minimum Gasteiger partial charge on any atom is -0.403 e. The number of aliphatic hydroxyl groups is 1. The molecule has 0 fully saturated rings. The van der Waals surface area contributed by atoms with E-state index in [1.54, 1.807) is 12.1 Å². The molecule has 0 saturated carbocycles. The lowest BCUT2D eigenvalue weighted by Gasteiger charge is -2.02. The monoisotopic (exact) mass is 303 g/mol. The van der Waals surface area contributed by atoms with E-state index in [9.17, 15) is 15.2 Å². The normalized spacial score (nSPS) is 12.6. The van der Waals surface area contributed by atoms with Crippen LogP contribution in [0.5, 0.6) is 0 Å². The Labute approximate surface area is 103 Å². The van der Waals surface area contributed by atoms with Gasteiger partial charge in [-0.3, -0.25) is 10.1 Å². The van der Waals surface area contributed by atoms with Gasteiger partial charge >= 0.3 is 5.88 Å². The van der Waals surface area contributed by atoms with Crippen LogP contribution in [0, 0.1) is 10.1 Å². The van der Waals surface area contributed by atoms with Crippen LogP contribution in [-0.2, 0) is 0 Å². The first-order chi connectivity index (χ1) is 7.58. The van der Waals surface area contributed by atoms with E-state index in [4.69, 9.17) is 4.42 Å². The highest BCUT2D eigenvalue weighted by Gasteiger charge is 2.20. The summed E-state index contributed by atoms with van der Waals surface area (Å²) in [6.07, 6.45) is -0.968. The first-order valence-corrected chi connectivity index (χ1v) is 5.86. The molecule has 2 aromatic heterocycles. The average Bonchev–Trinajstić information content (AvgIpc) is 2.84. The van der Waals surface area contributed by atoms with E-state index < -0.39 is 11.0 Å². The maximum Gasteiger partial charge on any atom is 0.433 e. The van der Waals surface area contributed by atoms with Crippen molar-refractivity contribution in [3.05, 3.63) is 48.8 Å². The zero-order chi connectivity index (χ0) is 11.7. The molecular weight excluding hydrogens is 298 g/mol. The van der Waals surface area contributed by atoms with Crippen molar-refractivity contribution < 1.29 is 14.4 Å². The molecule has 1 atom stereocenters. The van der Waals surface area contributed by atoms with Crippen molar-refractivity contribution in [1.82, 2.24) is 0 Å². The SMILES string of the molecule is O=[N+]([O-])c1ccc(C(O)c2ccc(Br)s2)o1. The molecule has 1 unspecified atom stereocenters. The molecule has 7 heteroatoms. The van der Waals surface area contributed by atoms with Crippen LogP contribution in [0.1, 0.15) is 16.7 Å². The third-order valence-electron chi connectivity index (χ3n) is 1.93. The lowest BCUT2D eigenvalue weighted by atomic mass is 10.2. The van der Waals surface area contributed by atoms with E-state index in [0.29, 0.717) is 4.88 Å². The van der Waals surface area contributed by atoms with Crippen LogP contribution in [0.2, 0.25) is 0 Å². The highest BCUT2D eigenvalue weighted by molar-refractivity contribution is 9.11. The van der Waals surface area contributed by atoms with Crippen LogP contribution in [0.25, 0.3) is 0 Å². The van der Waals surface area contributed by atoms with Crippen molar-refractivity contribution in [2.75, 3.05) is 0 Å². The number of thiophene rings is 1. The van der Waals surface area contributed by atoms with E-state index in [1.807, 2.05) is 0 Å². The van der Waals surface area contributed by atoms with Gasteiger partial charge in [0.05, 0.1) is 9.85 Å². The molecule has 0 saturated heterocycles. The van der Waals surface area contributed by atoms with Crippen molar-refractivity contribution in [2.45, 2.75) is 6.10 Å². The molecule has 2 aromatic rings.